The van der Waals surface area contributed by atoms with Crippen LogP contribution in [0.3, 0.4) is 0 Å². The smallest absolute Gasteiger partial charge is 0.170 e. The highest BCUT2D eigenvalue weighted by atomic mass is 35.5. The molecule has 0 radical (unpaired) electrons. The molecule has 1 atom stereocenters. The third-order valence-electron chi connectivity index (χ3n) is 4.04. The molecular formula is C17H14Cl2N4. The van der Waals surface area contributed by atoms with Crippen molar-refractivity contribution in [3.63, 3.8) is 0 Å². The summed E-state index contributed by atoms with van der Waals surface area (Å²) in [6, 6.07) is 13.5. The monoisotopic (exact) mass is 344 g/mol. The van der Waals surface area contributed by atoms with Gasteiger partial charge in [-0.15, -0.1) is 10.2 Å². The zero-order chi connectivity index (χ0) is 16.0. The minimum Gasteiger partial charge on any atom is -0.383 e. The van der Waals surface area contributed by atoms with Crippen molar-refractivity contribution in [1.29, 1.82) is 0 Å². The molecule has 4 nitrogen and oxygen atoms in total. The van der Waals surface area contributed by atoms with Crippen LogP contribution in [0, 0.1) is 0 Å². The van der Waals surface area contributed by atoms with E-state index in [1.165, 1.54) is 0 Å². The summed E-state index contributed by atoms with van der Waals surface area (Å²) in [5.41, 5.74) is 2.81. The molecule has 1 aliphatic heterocycles. The molecule has 4 rings (SSSR count). The van der Waals surface area contributed by atoms with Crippen LogP contribution in [0.5, 0.6) is 0 Å². The van der Waals surface area contributed by atoms with Crippen LogP contribution in [0.15, 0.2) is 42.5 Å². The number of nitrogens with one attached hydrogen (secondary N) is 1. The summed E-state index contributed by atoms with van der Waals surface area (Å²) in [7, 11) is 0. The molecule has 0 unspecified atom stereocenters. The Balaban J connectivity index is 2.01. The van der Waals surface area contributed by atoms with Crippen LogP contribution < -0.4 is 5.32 Å². The number of halogens is 2. The quantitative estimate of drug-likeness (QED) is 0.691. The second kappa shape index (κ2) is 5.55. The average molecular weight is 345 g/mol. The van der Waals surface area contributed by atoms with Gasteiger partial charge in [-0.25, -0.2) is 0 Å². The number of hydrogen-bond acceptors (Lipinski definition) is 3. The van der Waals surface area contributed by atoms with E-state index < -0.39 is 0 Å². The van der Waals surface area contributed by atoms with Crippen molar-refractivity contribution in [1.82, 2.24) is 14.8 Å². The Kier molecular flexibility index (Phi) is 3.51. The number of fused-ring (bicyclic) bond motifs is 3. The van der Waals surface area contributed by atoms with Crippen LogP contribution in [-0.4, -0.2) is 21.3 Å². The summed E-state index contributed by atoms with van der Waals surface area (Å²) in [5, 5.41) is 13.6. The Morgan fingerprint density at radius 1 is 1.13 bits per heavy atom. The van der Waals surface area contributed by atoms with E-state index in [-0.39, 0.29) is 5.92 Å². The molecule has 1 aliphatic rings. The van der Waals surface area contributed by atoms with Gasteiger partial charge in [0.05, 0.1) is 16.4 Å². The minimum atomic E-state index is 0.213. The Bertz CT molecular complexity index is 888. The van der Waals surface area contributed by atoms with Gasteiger partial charge in [-0.1, -0.05) is 42.3 Å². The van der Waals surface area contributed by atoms with Gasteiger partial charge in [0.1, 0.15) is 5.82 Å². The minimum absolute atomic E-state index is 0.213. The van der Waals surface area contributed by atoms with Crippen LogP contribution in [0.4, 0.5) is 5.69 Å². The van der Waals surface area contributed by atoms with Gasteiger partial charge < -0.3 is 5.32 Å². The van der Waals surface area contributed by atoms with Gasteiger partial charge in [0.25, 0.3) is 0 Å². The fraction of sp³-hybridized carbons (Fsp3) is 0.176. The fourth-order valence-electron chi connectivity index (χ4n) is 2.87. The van der Waals surface area contributed by atoms with Crippen LogP contribution in [-0.2, 0) is 0 Å². The molecule has 1 N–H and O–H groups in total. The SMILES string of the molecule is C[C@H]1CNc2cc(Cl)ccc2-n2c(-c3ccccc3Cl)nnc21. The van der Waals surface area contributed by atoms with Crippen molar-refractivity contribution in [2.24, 2.45) is 0 Å². The van der Waals surface area contributed by atoms with Crippen molar-refractivity contribution in [3.8, 4) is 17.1 Å². The van der Waals surface area contributed by atoms with E-state index in [4.69, 9.17) is 23.2 Å². The summed E-state index contributed by atoms with van der Waals surface area (Å²) in [6.07, 6.45) is 0. The van der Waals surface area contributed by atoms with E-state index in [9.17, 15) is 0 Å². The first kappa shape index (κ1) is 14.5. The van der Waals surface area contributed by atoms with Crippen molar-refractivity contribution < 1.29 is 0 Å². The molecule has 1 aromatic heterocycles. The lowest BCUT2D eigenvalue weighted by molar-refractivity contribution is 0.725. The average Bonchev–Trinajstić information content (AvgIpc) is 2.92. The molecule has 0 fully saturated rings. The summed E-state index contributed by atoms with van der Waals surface area (Å²) in [4.78, 5) is 0. The number of aromatic nitrogens is 3. The number of nitrogens with zero attached hydrogens (tertiary/aromatic N) is 3. The maximum Gasteiger partial charge on any atom is 0.170 e. The van der Waals surface area contributed by atoms with Crippen molar-refractivity contribution >= 4 is 28.9 Å². The molecule has 6 heteroatoms. The highest BCUT2D eigenvalue weighted by molar-refractivity contribution is 6.33. The maximum absolute atomic E-state index is 6.37. The van der Waals surface area contributed by atoms with Gasteiger partial charge >= 0.3 is 0 Å². The highest BCUT2D eigenvalue weighted by Crippen LogP contribution is 2.36. The van der Waals surface area contributed by atoms with Crippen LogP contribution in [0.1, 0.15) is 18.7 Å². The lowest BCUT2D eigenvalue weighted by Gasteiger charge is -2.13. The number of hydrogen-bond donors (Lipinski definition) is 1. The standard InChI is InChI=1S/C17H14Cl2N4/c1-10-9-20-14-8-11(18)6-7-15(14)23-16(10)21-22-17(23)12-4-2-3-5-13(12)19/h2-8,10,20H,9H2,1H3/t10-/m0/s1. The summed E-state index contributed by atoms with van der Waals surface area (Å²) >= 11 is 12.5. The number of rotatable bonds is 1. The fourth-order valence-corrected chi connectivity index (χ4v) is 3.26. The second-order valence-electron chi connectivity index (χ2n) is 5.64. The second-order valence-corrected chi connectivity index (χ2v) is 6.48. The van der Waals surface area contributed by atoms with E-state index in [0.29, 0.717) is 10.0 Å². The molecule has 2 aromatic carbocycles. The van der Waals surface area contributed by atoms with Crippen molar-refractivity contribution in [2.45, 2.75) is 12.8 Å². The third-order valence-corrected chi connectivity index (χ3v) is 4.61. The first-order valence-corrected chi connectivity index (χ1v) is 8.15. The first-order chi connectivity index (χ1) is 11.1. The topological polar surface area (TPSA) is 42.7 Å². The summed E-state index contributed by atoms with van der Waals surface area (Å²) < 4.78 is 2.07. The zero-order valence-corrected chi connectivity index (χ0v) is 13.9. The summed E-state index contributed by atoms with van der Waals surface area (Å²) in [6.45, 7) is 2.89. The molecule has 3 aromatic rings. The molecule has 0 amide bonds. The number of benzene rings is 2. The van der Waals surface area contributed by atoms with Gasteiger partial charge in [-0.2, -0.15) is 0 Å². The van der Waals surface area contributed by atoms with Crippen molar-refractivity contribution in [2.75, 3.05) is 11.9 Å². The lowest BCUT2D eigenvalue weighted by Crippen LogP contribution is -2.09. The molecular weight excluding hydrogens is 331 g/mol. The molecule has 0 aliphatic carbocycles. The zero-order valence-electron chi connectivity index (χ0n) is 12.4. The van der Waals surface area contributed by atoms with Gasteiger partial charge in [0, 0.05) is 23.0 Å². The molecule has 23 heavy (non-hydrogen) atoms. The predicted octanol–water partition coefficient (Wildman–Crippen LogP) is 4.77. The Labute approximate surface area is 144 Å². The molecule has 0 bridgehead atoms. The van der Waals surface area contributed by atoms with E-state index in [1.807, 2.05) is 42.5 Å². The van der Waals surface area contributed by atoms with Gasteiger partial charge in [-0.3, -0.25) is 4.57 Å². The largest absolute Gasteiger partial charge is 0.383 e. The van der Waals surface area contributed by atoms with Crippen LogP contribution in [0.25, 0.3) is 17.1 Å². The number of anilines is 1. The Morgan fingerprint density at radius 2 is 1.96 bits per heavy atom. The normalized spacial score (nSPS) is 16.2. The van der Waals surface area contributed by atoms with Gasteiger partial charge in [-0.05, 0) is 30.3 Å². The third kappa shape index (κ3) is 2.38. The maximum atomic E-state index is 6.37. The first-order valence-electron chi connectivity index (χ1n) is 7.39. The van der Waals surface area contributed by atoms with E-state index in [1.54, 1.807) is 0 Å². The predicted molar refractivity (Wildman–Crippen MR) is 93.7 cm³/mol. The Hall–Kier alpha value is -2.04. The summed E-state index contributed by atoms with van der Waals surface area (Å²) in [5.74, 6) is 1.86. The molecule has 0 saturated heterocycles. The van der Waals surface area contributed by atoms with E-state index in [2.05, 4.69) is 27.0 Å². The van der Waals surface area contributed by atoms with E-state index in [0.717, 1.165) is 35.1 Å². The van der Waals surface area contributed by atoms with Gasteiger partial charge in [0.2, 0.25) is 0 Å². The lowest BCUT2D eigenvalue weighted by atomic mass is 10.1. The highest BCUT2D eigenvalue weighted by Gasteiger charge is 2.25. The molecule has 0 saturated carbocycles. The molecule has 0 spiro atoms. The van der Waals surface area contributed by atoms with Crippen LogP contribution >= 0.6 is 23.2 Å². The molecule has 116 valence electrons. The van der Waals surface area contributed by atoms with Crippen molar-refractivity contribution in [3.05, 3.63) is 58.3 Å². The Morgan fingerprint density at radius 3 is 2.78 bits per heavy atom. The van der Waals surface area contributed by atoms with E-state index >= 15 is 0 Å². The van der Waals surface area contributed by atoms with Gasteiger partial charge in [0.15, 0.2) is 5.82 Å². The molecule has 2 heterocycles. The van der Waals surface area contributed by atoms with Crippen LogP contribution in [0.2, 0.25) is 10.0 Å².